The average Bonchev–Trinajstić information content (AvgIpc) is 2.94. The molecule has 4 aliphatic rings. The van der Waals surface area contributed by atoms with Crippen molar-refractivity contribution in [1.29, 1.82) is 0 Å². The molecule has 0 aromatic heterocycles. The summed E-state index contributed by atoms with van der Waals surface area (Å²) in [6.07, 6.45) is 14.4. The van der Waals surface area contributed by atoms with Crippen LogP contribution in [0.3, 0.4) is 0 Å². The zero-order valence-electron chi connectivity index (χ0n) is 16.0. The summed E-state index contributed by atoms with van der Waals surface area (Å²) < 4.78 is 0. The van der Waals surface area contributed by atoms with Crippen LogP contribution < -0.4 is 0 Å². The van der Waals surface area contributed by atoms with E-state index in [4.69, 9.17) is 0 Å². The Kier molecular flexibility index (Phi) is 5.20. The Labute approximate surface area is 166 Å². The topological polar surface area (TPSA) is 34.1 Å². The summed E-state index contributed by atoms with van der Waals surface area (Å²) >= 11 is 3.92. The fraction of sp³-hybridized carbons (Fsp3) is 0.727. The number of allylic oxidation sites excluding steroid dienone is 4. The van der Waals surface area contributed by atoms with Crippen molar-refractivity contribution < 1.29 is 9.59 Å². The molecule has 0 unspecified atom stereocenters. The zero-order valence-corrected chi connectivity index (χ0v) is 17.6. The first kappa shape index (κ1) is 18.9. The van der Waals surface area contributed by atoms with E-state index >= 15 is 0 Å². The highest BCUT2D eigenvalue weighted by Gasteiger charge is 2.56. The van der Waals surface area contributed by atoms with Gasteiger partial charge in [0, 0.05) is 28.8 Å². The van der Waals surface area contributed by atoms with Crippen LogP contribution in [-0.4, -0.2) is 28.7 Å². The summed E-state index contributed by atoms with van der Waals surface area (Å²) in [6, 6.07) is 0. The fourth-order valence-corrected chi connectivity index (χ4v) is 7.91. The molecule has 2 fully saturated rings. The fourth-order valence-electron chi connectivity index (χ4n) is 6.28. The van der Waals surface area contributed by atoms with Crippen LogP contribution in [0.2, 0.25) is 0 Å². The van der Waals surface area contributed by atoms with Crippen LogP contribution in [0.1, 0.15) is 58.3 Å². The standard InChI is InChI=1S/C22H30O2S2/c1-21-9-8-19-17(18(21)5-6-20(21)24)4-3-15-13-16(23)7-10-22(15,19)11-12-26-14-25-2/h8,13,17-18H,3-7,9-12,14H2,1-2H3/t17-,18-,21-,22+/m0/s1. The van der Waals surface area contributed by atoms with Crippen LogP contribution in [0.25, 0.3) is 0 Å². The average molecular weight is 391 g/mol. The first-order valence-corrected chi connectivity index (χ1v) is 12.6. The summed E-state index contributed by atoms with van der Waals surface area (Å²) in [4.78, 5) is 24.7. The molecule has 0 radical (unpaired) electrons. The van der Waals surface area contributed by atoms with Gasteiger partial charge < -0.3 is 0 Å². The van der Waals surface area contributed by atoms with Crippen LogP contribution >= 0.6 is 23.5 Å². The molecule has 2 saturated carbocycles. The Morgan fingerprint density at radius 2 is 2.04 bits per heavy atom. The van der Waals surface area contributed by atoms with Gasteiger partial charge in [0.1, 0.15) is 5.78 Å². The second-order valence-corrected chi connectivity index (χ2v) is 11.1. The van der Waals surface area contributed by atoms with E-state index in [2.05, 4.69) is 19.3 Å². The second-order valence-electron chi connectivity index (χ2n) is 8.78. The number of thioether (sulfide) groups is 2. The molecular weight excluding hydrogens is 360 g/mol. The number of rotatable bonds is 5. The van der Waals surface area contributed by atoms with Gasteiger partial charge in [-0.25, -0.2) is 0 Å². The summed E-state index contributed by atoms with van der Waals surface area (Å²) in [5.41, 5.74) is 3.03. The number of carbonyl (C=O) groups excluding carboxylic acids is 2. The maximum atomic E-state index is 12.6. The Morgan fingerprint density at radius 3 is 2.85 bits per heavy atom. The molecule has 0 amide bonds. The summed E-state index contributed by atoms with van der Waals surface area (Å²) in [5.74, 6) is 3.07. The lowest BCUT2D eigenvalue weighted by atomic mass is 9.50. The Morgan fingerprint density at radius 1 is 1.19 bits per heavy atom. The van der Waals surface area contributed by atoms with Gasteiger partial charge in [-0.15, -0.1) is 0 Å². The monoisotopic (exact) mass is 390 g/mol. The number of hydrogen-bond donors (Lipinski definition) is 0. The van der Waals surface area contributed by atoms with Gasteiger partial charge >= 0.3 is 0 Å². The van der Waals surface area contributed by atoms with Gasteiger partial charge in [0.2, 0.25) is 0 Å². The predicted octanol–water partition coefficient (Wildman–Crippen LogP) is 5.43. The number of hydrogen-bond acceptors (Lipinski definition) is 4. The quantitative estimate of drug-likeness (QED) is 0.356. The molecule has 0 bridgehead atoms. The molecule has 142 valence electrons. The van der Waals surface area contributed by atoms with Crippen molar-refractivity contribution in [1.82, 2.24) is 0 Å². The second kappa shape index (κ2) is 7.16. The Hall–Kier alpha value is -0.480. The van der Waals surface area contributed by atoms with Gasteiger partial charge in [-0.05, 0) is 68.4 Å². The molecule has 0 aliphatic heterocycles. The van der Waals surface area contributed by atoms with Crippen molar-refractivity contribution >= 4 is 35.1 Å². The van der Waals surface area contributed by atoms with E-state index in [-0.39, 0.29) is 10.8 Å². The maximum absolute atomic E-state index is 12.6. The van der Waals surface area contributed by atoms with Gasteiger partial charge in [-0.1, -0.05) is 24.1 Å². The van der Waals surface area contributed by atoms with Crippen LogP contribution in [0.15, 0.2) is 23.3 Å². The van der Waals surface area contributed by atoms with Crippen LogP contribution in [0, 0.1) is 22.7 Å². The third kappa shape index (κ3) is 2.87. The molecule has 4 rings (SSSR count). The molecular formula is C22H30O2S2. The third-order valence-corrected chi connectivity index (χ3v) is 9.77. The van der Waals surface area contributed by atoms with Crippen LogP contribution in [-0.2, 0) is 9.59 Å². The molecule has 0 saturated heterocycles. The lowest BCUT2D eigenvalue weighted by Gasteiger charge is -2.53. The molecule has 4 heteroatoms. The van der Waals surface area contributed by atoms with Gasteiger partial charge in [-0.2, -0.15) is 23.5 Å². The van der Waals surface area contributed by atoms with Crippen LogP contribution in [0.5, 0.6) is 0 Å². The van der Waals surface area contributed by atoms with E-state index in [1.54, 1.807) is 5.57 Å². The van der Waals surface area contributed by atoms with Crippen molar-refractivity contribution in [3.05, 3.63) is 23.3 Å². The molecule has 0 aromatic carbocycles. The van der Waals surface area contributed by atoms with Gasteiger partial charge in [0.15, 0.2) is 5.78 Å². The normalized spacial score (nSPS) is 39.0. The van der Waals surface area contributed by atoms with Gasteiger partial charge in [-0.3, -0.25) is 9.59 Å². The van der Waals surface area contributed by atoms with E-state index in [0.717, 1.165) is 55.8 Å². The summed E-state index contributed by atoms with van der Waals surface area (Å²) in [5, 5.41) is 1.14. The Bertz CT molecular complexity index is 680. The largest absolute Gasteiger partial charge is 0.299 e. The SMILES string of the molecule is CSCSCC[C@]12CCC(=O)C=C1CC[C@@H]1C2=CC[C@]2(C)C(=O)CC[C@@H]12. The molecule has 4 aliphatic carbocycles. The molecule has 0 spiro atoms. The van der Waals surface area contributed by atoms with Crippen molar-refractivity contribution in [3.63, 3.8) is 0 Å². The molecule has 4 atom stereocenters. The van der Waals surface area contributed by atoms with Crippen molar-refractivity contribution in [2.24, 2.45) is 22.7 Å². The first-order chi connectivity index (χ1) is 12.5. The van der Waals surface area contributed by atoms with Crippen molar-refractivity contribution in [2.45, 2.75) is 58.3 Å². The summed E-state index contributed by atoms with van der Waals surface area (Å²) in [7, 11) is 0. The van der Waals surface area contributed by atoms with E-state index in [1.165, 1.54) is 5.57 Å². The summed E-state index contributed by atoms with van der Waals surface area (Å²) in [6.45, 7) is 2.22. The van der Waals surface area contributed by atoms with E-state index in [0.29, 0.717) is 29.8 Å². The molecule has 26 heavy (non-hydrogen) atoms. The highest BCUT2D eigenvalue weighted by Crippen LogP contribution is 2.63. The number of ketones is 2. The third-order valence-electron chi connectivity index (χ3n) is 7.67. The minimum absolute atomic E-state index is 0.116. The first-order valence-electron chi connectivity index (χ1n) is 10.1. The molecule has 0 heterocycles. The van der Waals surface area contributed by atoms with E-state index < -0.39 is 0 Å². The van der Waals surface area contributed by atoms with Crippen LogP contribution in [0.4, 0.5) is 0 Å². The molecule has 0 N–H and O–H groups in total. The highest BCUT2D eigenvalue weighted by atomic mass is 32.2. The van der Waals surface area contributed by atoms with Crippen molar-refractivity contribution in [2.75, 3.05) is 17.1 Å². The van der Waals surface area contributed by atoms with Gasteiger partial charge in [0.05, 0.1) is 0 Å². The smallest absolute Gasteiger partial charge is 0.155 e. The van der Waals surface area contributed by atoms with Gasteiger partial charge in [0.25, 0.3) is 0 Å². The lowest BCUT2D eigenvalue weighted by molar-refractivity contribution is -0.127. The Balaban J connectivity index is 1.69. The van der Waals surface area contributed by atoms with Crippen molar-refractivity contribution in [3.8, 4) is 0 Å². The van der Waals surface area contributed by atoms with E-state index in [1.807, 2.05) is 29.6 Å². The molecule has 0 aromatic rings. The zero-order chi connectivity index (χ0) is 18.4. The lowest BCUT2D eigenvalue weighted by Crippen LogP contribution is -2.46. The number of Topliss-reactive ketones (excluding diaryl/α,β-unsaturated/α-hetero) is 1. The van der Waals surface area contributed by atoms with E-state index in [9.17, 15) is 9.59 Å². The minimum atomic E-state index is -0.116. The number of fused-ring (bicyclic) bond motifs is 5. The minimum Gasteiger partial charge on any atom is -0.299 e. The molecule has 2 nitrogen and oxygen atoms in total. The number of carbonyl (C=O) groups is 2. The highest BCUT2D eigenvalue weighted by molar-refractivity contribution is 8.15. The predicted molar refractivity (Wildman–Crippen MR) is 111 cm³/mol. The maximum Gasteiger partial charge on any atom is 0.155 e.